The summed E-state index contributed by atoms with van der Waals surface area (Å²) in [5.74, 6) is -1.30. The molecule has 1 amide bonds. The number of benzene rings is 1. The van der Waals surface area contributed by atoms with Gasteiger partial charge in [-0.3, -0.25) is 4.79 Å². The third kappa shape index (κ3) is 3.74. The summed E-state index contributed by atoms with van der Waals surface area (Å²) in [6, 6.07) is 5.72. The summed E-state index contributed by atoms with van der Waals surface area (Å²) in [6.45, 7) is 1.57. The number of carbonyl (C=O) groups is 1. The van der Waals surface area contributed by atoms with E-state index in [9.17, 15) is 14.3 Å². The summed E-state index contributed by atoms with van der Waals surface area (Å²) < 4.78 is 13.4. The molecule has 21 heavy (non-hydrogen) atoms. The van der Waals surface area contributed by atoms with Gasteiger partial charge >= 0.3 is 0 Å². The molecule has 1 unspecified atom stereocenters. The quantitative estimate of drug-likeness (QED) is 0.825. The van der Waals surface area contributed by atoms with Crippen molar-refractivity contribution in [3.05, 3.63) is 55.9 Å². The number of nitrogens with one attached hydrogen (secondary N) is 1. The van der Waals surface area contributed by atoms with Crippen LogP contribution < -0.4 is 5.32 Å². The first-order valence-corrected chi connectivity index (χ1v) is 7.64. The average Bonchev–Trinajstić information content (AvgIpc) is 2.95. The molecule has 0 saturated carbocycles. The Balaban J connectivity index is 2.11. The van der Waals surface area contributed by atoms with Crippen LogP contribution in [-0.2, 0) is 5.60 Å². The monoisotopic (exact) mass is 347 g/mol. The van der Waals surface area contributed by atoms with Crippen molar-refractivity contribution >= 4 is 40.4 Å². The second kappa shape index (κ2) is 6.32. The Morgan fingerprint density at radius 3 is 2.76 bits per heavy atom. The van der Waals surface area contributed by atoms with Gasteiger partial charge in [-0.05, 0) is 30.5 Å². The highest BCUT2D eigenvalue weighted by Crippen LogP contribution is 2.26. The van der Waals surface area contributed by atoms with Crippen LogP contribution in [0.5, 0.6) is 0 Å². The number of rotatable bonds is 4. The maximum Gasteiger partial charge on any atom is 0.253 e. The molecule has 0 aliphatic carbocycles. The van der Waals surface area contributed by atoms with Crippen molar-refractivity contribution < 1.29 is 14.3 Å². The highest BCUT2D eigenvalue weighted by molar-refractivity contribution is 7.10. The standard InChI is InChI=1S/C14H12Cl2FNO2S/c1-14(20,12-3-2-4-21-12)7-18-13(19)8-5-11(17)10(16)6-9(8)15/h2-6,20H,7H2,1H3,(H,18,19). The van der Waals surface area contributed by atoms with Gasteiger partial charge in [0, 0.05) is 4.88 Å². The van der Waals surface area contributed by atoms with Gasteiger partial charge in [-0.1, -0.05) is 29.3 Å². The van der Waals surface area contributed by atoms with Gasteiger partial charge in [-0.15, -0.1) is 11.3 Å². The zero-order valence-electron chi connectivity index (χ0n) is 11.0. The Morgan fingerprint density at radius 1 is 1.43 bits per heavy atom. The van der Waals surface area contributed by atoms with Crippen LogP contribution in [0.1, 0.15) is 22.2 Å². The van der Waals surface area contributed by atoms with E-state index in [2.05, 4.69) is 5.32 Å². The van der Waals surface area contributed by atoms with Crippen LogP contribution in [0.15, 0.2) is 29.6 Å². The average molecular weight is 348 g/mol. The third-order valence-electron chi connectivity index (χ3n) is 2.90. The Bertz CT molecular complexity index is 659. The number of hydrogen-bond acceptors (Lipinski definition) is 3. The maximum atomic E-state index is 13.4. The fourth-order valence-electron chi connectivity index (χ4n) is 1.72. The minimum atomic E-state index is -1.21. The summed E-state index contributed by atoms with van der Waals surface area (Å²) >= 11 is 12.8. The summed E-state index contributed by atoms with van der Waals surface area (Å²) in [5.41, 5.74) is -1.23. The van der Waals surface area contributed by atoms with E-state index >= 15 is 0 Å². The minimum Gasteiger partial charge on any atom is -0.383 e. The molecule has 1 aromatic heterocycles. The van der Waals surface area contributed by atoms with Gasteiger partial charge in [-0.25, -0.2) is 4.39 Å². The van der Waals surface area contributed by atoms with E-state index < -0.39 is 17.3 Å². The summed E-state index contributed by atoms with van der Waals surface area (Å²) in [4.78, 5) is 12.8. The van der Waals surface area contributed by atoms with E-state index in [-0.39, 0.29) is 22.2 Å². The van der Waals surface area contributed by atoms with Crippen LogP contribution >= 0.6 is 34.5 Å². The lowest BCUT2D eigenvalue weighted by molar-refractivity contribution is 0.0556. The number of halogens is 3. The van der Waals surface area contributed by atoms with E-state index in [1.165, 1.54) is 17.4 Å². The van der Waals surface area contributed by atoms with Gasteiger partial charge < -0.3 is 10.4 Å². The summed E-state index contributed by atoms with van der Waals surface area (Å²) in [7, 11) is 0. The topological polar surface area (TPSA) is 49.3 Å². The molecule has 0 saturated heterocycles. The molecule has 3 nitrogen and oxygen atoms in total. The molecular weight excluding hydrogens is 336 g/mol. The van der Waals surface area contributed by atoms with Crippen molar-refractivity contribution in [3.8, 4) is 0 Å². The first-order valence-electron chi connectivity index (χ1n) is 6.00. The highest BCUT2D eigenvalue weighted by atomic mass is 35.5. The van der Waals surface area contributed by atoms with E-state index in [1.54, 1.807) is 13.0 Å². The number of thiophene rings is 1. The molecule has 2 rings (SSSR count). The van der Waals surface area contributed by atoms with Crippen LogP contribution in [0.3, 0.4) is 0 Å². The molecule has 1 atom stereocenters. The molecule has 0 aliphatic heterocycles. The van der Waals surface area contributed by atoms with E-state index in [4.69, 9.17) is 23.2 Å². The SMILES string of the molecule is CC(O)(CNC(=O)c1cc(F)c(Cl)cc1Cl)c1cccs1. The number of amides is 1. The van der Waals surface area contributed by atoms with Crippen molar-refractivity contribution in [2.75, 3.05) is 6.54 Å². The first kappa shape index (κ1) is 16.2. The highest BCUT2D eigenvalue weighted by Gasteiger charge is 2.25. The molecule has 112 valence electrons. The van der Waals surface area contributed by atoms with Crippen molar-refractivity contribution in [1.29, 1.82) is 0 Å². The van der Waals surface area contributed by atoms with Gasteiger partial charge in [0.15, 0.2) is 0 Å². The molecule has 1 aromatic carbocycles. The molecule has 1 heterocycles. The molecule has 0 radical (unpaired) electrons. The lowest BCUT2D eigenvalue weighted by Crippen LogP contribution is -2.38. The molecule has 2 N–H and O–H groups in total. The Labute approximate surface area is 135 Å². The lowest BCUT2D eigenvalue weighted by atomic mass is 10.0. The Kier molecular flexibility index (Phi) is 4.88. The van der Waals surface area contributed by atoms with Gasteiger partial charge in [0.1, 0.15) is 11.4 Å². The summed E-state index contributed by atoms with van der Waals surface area (Å²) in [5, 5.41) is 14.6. The zero-order valence-corrected chi connectivity index (χ0v) is 13.3. The fourth-order valence-corrected chi connectivity index (χ4v) is 2.97. The molecule has 2 aromatic rings. The van der Waals surface area contributed by atoms with Crippen molar-refractivity contribution in [2.24, 2.45) is 0 Å². The zero-order chi connectivity index (χ0) is 15.6. The maximum absolute atomic E-state index is 13.4. The van der Waals surface area contributed by atoms with Crippen LogP contribution in [0.25, 0.3) is 0 Å². The van der Waals surface area contributed by atoms with Crippen LogP contribution in [0, 0.1) is 5.82 Å². The van der Waals surface area contributed by atoms with Gasteiger partial charge in [0.2, 0.25) is 0 Å². The van der Waals surface area contributed by atoms with Crippen molar-refractivity contribution in [3.63, 3.8) is 0 Å². The predicted octanol–water partition coefficient (Wildman–Crippen LogP) is 3.83. The number of hydrogen-bond donors (Lipinski definition) is 2. The molecular formula is C14H12Cl2FNO2S. The molecule has 0 aliphatic rings. The van der Waals surface area contributed by atoms with Crippen LogP contribution in [-0.4, -0.2) is 17.6 Å². The minimum absolute atomic E-state index is 0.0209. The van der Waals surface area contributed by atoms with E-state index in [1.807, 2.05) is 11.4 Å². The molecule has 0 fully saturated rings. The second-order valence-corrected chi connectivity index (χ2v) is 6.44. The fraction of sp³-hybridized carbons (Fsp3) is 0.214. The van der Waals surface area contributed by atoms with Gasteiger partial charge in [0.25, 0.3) is 5.91 Å². The van der Waals surface area contributed by atoms with E-state index in [0.717, 1.165) is 10.9 Å². The van der Waals surface area contributed by atoms with Gasteiger partial charge in [0.05, 0.1) is 22.2 Å². The van der Waals surface area contributed by atoms with Crippen LogP contribution in [0.2, 0.25) is 10.0 Å². The van der Waals surface area contributed by atoms with Crippen molar-refractivity contribution in [1.82, 2.24) is 5.32 Å². The number of carbonyl (C=O) groups excluding carboxylic acids is 1. The summed E-state index contributed by atoms with van der Waals surface area (Å²) in [6.07, 6.45) is 0. The Morgan fingerprint density at radius 2 is 2.14 bits per heavy atom. The van der Waals surface area contributed by atoms with Crippen molar-refractivity contribution in [2.45, 2.75) is 12.5 Å². The number of aliphatic hydroxyl groups is 1. The smallest absolute Gasteiger partial charge is 0.253 e. The normalized spacial score (nSPS) is 13.8. The lowest BCUT2D eigenvalue weighted by Gasteiger charge is -2.22. The Hall–Kier alpha value is -1.14. The first-order chi connectivity index (χ1) is 9.81. The molecule has 0 spiro atoms. The molecule has 0 bridgehead atoms. The third-order valence-corrected chi connectivity index (χ3v) is 4.63. The van der Waals surface area contributed by atoms with Crippen LogP contribution in [0.4, 0.5) is 4.39 Å². The van der Waals surface area contributed by atoms with E-state index in [0.29, 0.717) is 0 Å². The largest absolute Gasteiger partial charge is 0.383 e. The second-order valence-electron chi connectivity index (χ2n) is 4.68. The predicted molar refractivity (Wildman–Crippen MR) is 82.6 cm³/mol. The van der Waals surface area contributed by atoms with Gasteiger partial charge in [-0.2, -0.15) is 0 Å². The molecule has 7 heteroatoms.